The van der Waals surface area contributed by atoms with Gasteiger partial charge in [-0.2, -0.15) is 0 Å². The van der Waals surface area contributed by atoms with E-state index in [0.717, 1.165) is 12.3 Å². The van der Waals surface area contributed by atoms with Gasteiger partial charge in [0.1, 0.15) is 6.04 Å². The second kappa shape index (κ2) is 8.29. The molecule has 1 rings (SSSR count). The van der Waals surface area contributed by atoms with Crippen molar-refractivity contribution >= 4 is 5.97 Å². The zero-order valence-electron chi connectivity index (χ0n) is 11.0. The van der Waals surface area contributed by atoms with E-state index in [-0.39, 0.29) is 12.0 Å². The summed E-state index contributed by atoms with van der Waals surface area (Å²) in [7, 11) is 0. The molecule has 3 nitrogen and oxygen atoms in total. The van der Waals surface area contributed by atoms with Gasteiger partial charge >= 0.3 is 5.97 Å². The number of carbonyl (C=O) groups is 1. The van der Waals surface area contributed by atoms with E-state index in [1.807, 2.05) is 13.0 Å². The monoisotopic (exact) mass is 240 g/mol. The van der Waals surface area contributed by atoms with Gasteiger partial charge in [0, 0.05) is 12.5 Å². The molecule has 17 heavy (non-hydrogen) atoms. The third-order valence-corrected chi connectivity index (χ3v) is 3.46. The molecule has 3 heteroatoms. The van der Waals surface area contributed by atoms with E-state index >= 15 is 0 Å². The van der Waals surface area contributed by atoms with Gasteiger partial charge in [-0.05, 0) is 25.3 Å². The molecular formula is C14H26NO2+. The van der Waals surface area contributed by atoms with Crippen molar-refractivity contribution in [2.24, 2.45) is 5.92 Å². The van der Waals surface area contributed by atoms with Crippen molar-refractivity contribution in [1.29, 1.82) is 0 Å². The predicted octanol–water partition coefficient (Wildman–Crippen LogP) is 2.08. The highest BCUT2D eigenvalue weighted by Crippen LogP contribution is 2.27. The van der Waals surface area contributed by atoms with Gasteiger partial charge < -0.3 is 10.5 Å². The smallest absolute Gasteiger partial charge is 0.330 e. The lowest BCUT2D eigenvalue weighted by atomic mass is 9.85. The Bertz CT molecular complexity index is 245. The Morgan fingerprint density at radius 2 is 2.12 bits per heavy atom. The van der Waals surface area contributed by atoms with Gasteiger partial charge in [0.15, 0.2) is 0 Å². The van der Waals surface area contributed by atoms with Crippen LogP contribution < -0.4 is 5.73 Å². The second-order valence-corrected chi connectivity index (χ2v) is 4.95. The summed E-state index contributed by atoms with van der Waals surface area (Å²) in [5, 5.41) is 0. The van der Waals surface area contributed by atoms with E-state index in [0.29, 0.717) is 6.61 Å². The third kappa shape index (κ3) is 6.47. The van der Waals surface area contributed by atoms with Gasteiger partial charge in [0.05, 0.1) is 6.61 Å². The van der Waals surface area contributed by atoms with E-state index in [2.05, 4.69) is 5.73 Å². The number of quaternary nitrogens is 1. The minimum absolute atomic E-state index is 0.237. The van der Waals surface area contributed by atoms with Crippen LogP contribution in [0, 0.1) is 5.92 Å². The zero-order chi connectivity index (χ0) is 12.5. The highest BCUT2D eigenvalue weighted by molar-refractivity contribution is 5.81. The minimum atomic E-state index is -0.251. The van der Waals surface area contributed by atoms with Gasteiger partial charge in [-0.3, -0.25) is 0 Å². The summed E-state index contributed by atoms with van der Waals surface area (Å²) in [6.07, 6.45) is 12.7. The van der Waals surface area contributed by atoms with Gasteiger partial charge in [-0.1, -0.05) is 32.1 Å². The number of esters is 1. The Labute approximate surface area is 104 Å². The van der Waals surface area contributed by atoms with Crippen molar-refractivity contribution in [3.8, 4) is 0 Å². The van der Waals surface area contributed by atoms with E-state index in [4.69, 9.17) is 4.74 Å². The van der Waals surface area contributed by atoms with Crippen LogP contribution in [0.25, 0.3) is 0 Å². The van der Waals surface area contributed by atoms with Crippen LogP contribution >= 0.6 is 0 Å². The maximum atomic E-state index is 11.1. The summed E-state index contributed by atoms with van der Waals surface area (Å²) >= 11 is 0. The van der Waals surface area contributed by atoms with Crippen LogP contribution in [-0.2, 0) is 9.53 Å². The first-order valence-corrected chi connectivity index (χ1v) is 6.90. The summed E-state index contributed by atoms with van der Waals surface area (Å²) in [5.74, 6) is 0.641. The largest absolute Gasteiger partial charge is 0.463 e. The lowest BCUT2D eigenvalue weighted by Gasteiger charge is -2.21. The van der Waals surface area contributed by atoms with Crippen LogP contribution in [0.15, 0.2) is 12.2 Å². The van der Waals surface area contributed by atoms with Gasteiger partial charge in [0.2, 0.25) is 0 Å². The summed E-state index contributed by atoms with van der Waals surface area (Å²) in [5.41, 5.74) is 4.06. The normalized spacial score (nSPS) is 19.4. The molecule has 1 unspecified atom stereocenters. The lowest BCUT2D eigenvalue weighted by Crippen LogP contribution is -2.59. The standard InChI is InChI=1S/C14H25NO2/c1-2-17-14(16)11-10-13(15)9-8-12-6-4-3-5-7-12/h10-13H,2-9,15H2,1H3/p+1/b11-10+. The van der Waals surface area contributed by atoms with Crippen LogP contribution in [0.5, 0.6) is 0 Å². The maximum absolute atomic E-state index is 11.1. The fraction of sp³-hybridized carbons (Fsp3) is 0.786. The number of carbonyl (C=O) groups excluding carboxylic acids is 1. The van der Waals surface area contributed by atoms with Crippen molar-refractivity contribution in [3.63, 3.8) is 0 Å². The quantitative estimate of drug-likeness (QED) is 0.571. The predicted molar refractivity (Wildman–Crippen MR) is 68.3 cm³/mol. The average molecular weight is 240 g/mol. The van der Waals surface area contributed by atoms with Gasteiger partial charge in [-0.15, -0.1) is 0 Å². The average Bonchev–Trinajstić information content (AvgIpc) is 2.35. The molecule has 0 aromatic heterocycles. The molecule has 0 aromatic rings. The topological polar surface area (TPSA) is 53.9 Å². The highest BCUT2D eigenvalue weighted by Gasteiger charge is 2.14. The molecule has 1 aliphatic rings. The number of rotatable bonds is 6. The highest BCUT2D eigenvalue weighted by atomic mass is 16.5. The Morgan fingerprint density at radius 1 is 1.41 bits per heavy atom. The Morgan fingerprint density at radius 3 is 2.76 bits per heavy atom. The molecule has 1 atom stereocenters. The third-order valence-electron chi connectivity index (χ3n) is 3.46. The van der Waals surface area contributed by atoms with Crippen LogP contribution in [0.3, 0.4) is 0 Å². The first-order valence-electron chi connectivity index (χ1n) is 6.90. The van der Waals surface area contributed by atoms with Crippen molar-refractivity contribution in [3.05, 3.63) is 12.2 Å². The van der Waals surface area contributed by atoms with Crippen molar-refractivity contribution in [2.45, 2.75) is 57.9 Å². The Balaban J connectivity index is 2.15. The molecule has 0 aromatic carbocycles. The second-order valence-electron chi connectivity index (χ2n) is 4.95. The zero-order valence-corrected chi connectivity index (χ0v) is 11.0. The molecule has 1 saturated carbocycles. The Kier molecular flexibility index (Phi) is 6.94. The molecule has 0 bridgehead atoms. The molecule has 1 fully saturated rings. The van der Waals surface area contributed by atoms with Crippen LogP contribution in [0.2, 0.25) is 0 Å². The molecular weight excluding hydrogens is 214 g/mol. The Hall–Kier alpha value is -0.830. The molecule has 0 radical (unpaired) electrons. The summed E-state index contributed by atoms with van der Waals surface area (Å²) in [6, 6.07) is 0.237. The first-order chi connectivity index (χ1) is 8.22. The van der Waals surface area contributed by atoms with Gasteiger partial charge in [-0.25, -0.2) is 4.79 Å². The van der Waals surface area contributed by atoms with E-state index in [1.54, 1.807) is 0 Å². The molecule has 0 saturated heterocycles. The molecule has 98 valence electrons. The van der Waals surface area contributed by atoms with Crippen molar-refractivity contribution < 1.29 is 15.3 Å². The molecule has 0 aliphatic heterocycles. The molecule has 1 aliphatic carbocycles. The lowest BCUT2D eigenvalue weighted by molar-refractivity contribution is -0.404. The summed E-state index contributed by atoms with van der Waals surface area (Å²) in [6.45, 7) is 2.25. The van der Waals surface area contributed by atoms with Crippen molar-refractivity contribution in [2.75, 3.05) is 6.61 Å². The number of hydrogen-bond donors (Lipinski definition) is 1. The fourth-order valence-electron chi connectivity index (χ4n) is 2.43. The van der Waals surface area contributed by atoms with Crippen molar-refractivity contribution in [1.82, 2.24) is 0 Å². The van der Waals surface area contributed by atoms with E-state index in [1.165, 1.54) is 44.6 Å². The maximum Gasteiger partial charge on any atom is 0.330 e. The first kappa shape index (κ1) is 14.2. The summed E-state index contributed by atoms with van der Waals surface area (Å²) < 4.78 is 4.83. The van der Waals surface area contributed by atoms with Gasteiger partial charge in [0.25, 0.3) is 0 Å². The van der Waals surface area contributed by atoms with Crippen LogP contribution in [0.4, 0.5) is 0 Å². The molecule has 0 amide bonds. The number of ether oxygens (including phenoxy) is 1. The van der Waals surface area contributed by atoms with Crippen LogP contribution in [-0.4, -0.2) is 18.6 Å². The van der Waals surface area contributed by atoms with E-state index in [9.17, 15) is 4.79 Å². The summed E-state index contributed by atoms with van der Waals surface area (Å²) in [4.78, 5) is 11.1. The molecule has 0 spiro atoms. The molecule has 3 N–H and O–H groups in total. The number of hydrogen-bond acceptors (Lipinski definition) is 2. The molecule has 0 heterocycles. The minimum Gasteiger partial charge on any atom is -0.463 e. The van der Waals surface area contributed by atoms with E-state index < -0.39 is 0 Å². The SMILES string of the molecule is CCOC(=O)/C=C/C([NH3+])CCC1CCCCC1. The fourth-order valence-corrected chi connectivity index (χ4v) is 2.43. The van der Waals surface area contributed by atoms with Crippen LogP contribution in [0.1, 0.15) is 51.9 Å².